The molecule has 1 aromatic rings. The van der Waals surface area contributed by atoms with Crippen molar-refractivity contribution in [2.75, 3.05) is 19.6 Å². The van der Waals surface area contributed by atoms with Crippen molar-refractivity contribution in [3.8, 4) is 0 Å². The van der Waals surface area contributed by atoms with Crippen molar-refractivity contribution in [3.63, 3.8) is 0 Å². The van der Waals surface area contributed by atoms with Crippen LogP contribution in [0.4, 0.5) is 0 Å². The van der Waals surface area contributed by atoms with Gasteiger partial charge in [-0.1, -0.05) is 0 Å². The van der Waals surface area contributed by atoms with Gasteiger partial charge >= 0.3 is 5.69 Å². The summed E-state index contributed by atoms with van der Waals surface area (Å²) in [6.07, 6.45) is 1.09. The third-order valence-electron chi connectivity index (χ3n) is 3.36. The second kappa shape index (κ2) is 6.30. The summed E-state index contributed by atoms with van der Waals surface area (Å²) in [4.78, 5) is 23.3. The maximum Gasteiger partial charge on any atom is 0.330 e. The lowest BCUT2D eigenvalue weighted by molar-refractivity contribution is 0.309. The number of sulfonamides is 1. The maximum atomic E-state index is 12.5. The summed E-state index contributed by atoms with van der Waals surface area (Å²) in [6, 6.07) is 0.0231. The van der Waals surface area contributed by atoms with Crippen molar-refractivity contribution in [1.82, 2.24) is 18.8 Å². The van der Waals surface area contributed by atoms with Crippen LogP contribution in [0.3, 0.4) is 0 Å². The highest BCUT2D eigenvalue weighted by Gasteiger charge is 2.31. The first-order valence-electron chi connectivity index (χ1n) is 6.25. The number of hydrogen-bond donors (Lipinski definition) is 1. The topological polar surface area (TPSA) is 93.4 Å². The van der Waals surface area contributed by atoms with E-state index in [1.54, 1.807) is 0 Å². The predicted octanol–water partition coefficient (Wildman–Crippen LogP) is -1.51. The van der Waals surface area contributed by atoms with Crippen LogP contribution in [-0.2, 0) is 24.1 Å². The van der Waals surface area contributed by atoms with Crippen molar-refractivity contribution < 1.29 is 8.42 Å². The molecular weight excluding hydrogens is 320 g/mol. The van der Waals surface area contributed by atoms with E-state index in [9.17, 15) is 18.0 Å². The van der Waals surface area contributed by atoms with E-state index in [1.807, 2.05) is 6.92 Å². The molecule has 1 aromatic heterocycles. The summed E-state index contributed by atoms with van der Waals surface area (Å²) >= 11 is 0. The smallest absolute Gasteiger partial charge is 0.312 e. The molecular formula is C11H19ClN4O4S. The Balaban J connectivity index is 0.00000220. The van der Waals surface area contributed by atoms with E-state index in [2.05, 4.69) is 5.32 Å². The van der Waals surface area contributed by atoms with E-state index in [-0.39, 0.29) is 23.3 Å². The van der Waals surface area contributed by atoms with Gasteiger partial charge in [-0.3, -0.25) is 9.36 Å². The fourth-order valence-corrected chi connectivity index (χ4v) is 3.88. The molecule has 21 heavy (non-hydrogen) atoms. The zero-order valence-electron chi connectivity index (χ0n) is 12.1. The first-order valence-corrected chi connectivity index (χ1v) is 7.69. The normalized spacial score (nSPS) is 20.0. The van der Waals surface area contributed by atoms with E-state index in [1.165, 1.54) is 18.4 Å². The van der Waals surface area contributed by atoms with Gasteiger partial charge in [-0.15, -0.1) is 12.4 Å². The zero-order chi connectivity index (χ0) is 15.1. The SMILES string of the molecule is C[C@@H]1CN(S(=O)(=O)c2cn(C)c(=O)n(C)c2=O)CCN1.Cl. The molecule has 1 saturated heterocycles. The van der Waals surface area contributed by atoms with Gasteiger partial charge < -0.3 is 9.88 Å². The van der Waals surface area contributed by atoms with Crippen LogP contribution in [-0.4, -0.2) is 47.5 Å². The second-order valence-corrected chi connectivity index (χ2v) is 6.88. The molecule has 0 aromatic carbocycles. The van der Waals surface area contributed by atoms with Gasteiger partial charge in [-0.25, -0.2) is 13.2 Å². The van der Waals surface area contributed by atoms with Crippen molar-refractivity contribution in [2.24, 2.45) is 14.1 Å². The average Bonchev–Trinajstić information content (AvgIpc) is 2.40. The Kier molecular flexibility index (Phi) is 5.37. The number of hydrogen-bond acceptors (Lipinski definition) is 5. The van der Waals surface area contributed by atoms with Gasteiger partial charge in [0.05, 0.1) is 0 Å². The monoisotopic (exact) mass is 338 g/mol. The van der Waals surface area contributed by atoms with E-state index < -0.39 is 21.3 Å². The first-order chi connectivity index (χ1) is 9.25. The van der Waals surface area contributed by atoms with Gasteiger partial charge in [0.15, 0.2) is 4.90 Å². The van der Waals surface area contributed by atoms with E-state index >= 15 is 0 Å². The Labute approximate surface area is 128 Å². The molecule has 0 aliphatic carbocycles. The molecule has 0 amide bonds. The van der Waals surface area contributed by atoms with Crippen LogP contribution in [0.1, 0.15) is 6.92 Å². The van der Waals surface area contributed by atoms with Crippen molar-refractivity contribution in [2.45, 2.75) is 17.9 Å². The van der Waals surface area contributed by atoms with Gasteiger partial charge in [0.25, 0.3) is 5.56 Å². The van der Waals surface area contributed by atoms with E-state index in [4.69, 9.17) is 0 Å². The molecule has 0 unspecified atom stereocenters. The lowest BCUT2D eigenvalue weighted by Gasteiger charge is -2.30. The molecule has 0 spiro atoms. The highest BCUT2D eigenvalue weighted by Crippen LogP contribution is 2.13. The van der Waals surface area contributed by atoms with Gasteiger partial charge in [0.2, 0.25) is 10.0 Å². The lowest BCUT2D eigenvalue weighted by Crippen LogP contribution is -2.52. The van der Waals surface area contributed by atoms with Crippen molar-refractivity contribution in [1.29, 1.82) is 0 Å². The Morgan fingerprint density at radius 1 is 1.29 bits per heavy atom. The molecule has 1 atom stereocenters. The summed E-state index contributed by atoms with van der Waals surface area (Å²) in [5.74, 6) is 0. The molecule has 2 heterocycles. The largest absolute Gasteiger partial charge is 0.330 e. The first kappa shape index (κ1) is 17.9. The number of nitrogens with zero attached hydrogens (tertiary/aromatic N) is 3. The summed E-state index contributed by atoms with van der Waals surface area (Å²) in [5, 5.41) is 3.14. The summed E-state index contributed by atoms with van der Waals surface area (Å²) in [7, 11) is -1.20. The molecule has 0 saturated carbocycles. The Morgan fingerprint density at radius 2 is 1.90 bits per heavy atom. The molecule has 1 aliphatic heterocycles. The van der Waals surface area contributed by atoms with Crippen molar-refractivity contribution >= 4 is 22.4 Å². The molecule has 10 heteroatoms. The number of aromatic nitrogens is 2. The van der Waals surface area contributed by atoms with Gasteiger partial charge in [0.1, 0.15) is 0 Å². The molecule has 2 rings (SSSR count). The maximum absolute atomic E-state index is 12.5. The fourth-order valence-electron chi connectivity index (χ4n) is 2.21. The molecule has 0 bridgehead atoms. The lowest BCUT2D eigenvalue weighted by atomic mass is 10.3. The minimum Gasteiger partial charge on any atom is -0.312 e. The Hall–Kier alpha value is -1.16. The van der Waals surface area contributed by atoms with Crippen LogP contribution < -0.4 is 16.6 Å². The van der Waals surface area contributed by atoms with Crippen LogP contribution >= 0.6 is 12.4 Å². The Bertz CT molecular complexity index is 740. The third kappa shape index (κ3) is 3.20. The minimum atomic E-state index is -3.89. The highest BCUT2D eigenvalue weighted by atomic mass is 35.5. The number of rotatable bonds is 2. The van der Waals surface area contributed by atoms with Crippen LogP contribution in [0.2, 0.25) is 0 Å². The van der Waals surface area contributed by atoms with Crippen LogP contribution in [0.5, 0.6) is 0 Å². The summed E-state index contributed by atoms with van der Waals surface area (Å²) in [5.41, 5.74) is -1.35. The summed E-state index contributed by atoms with van der Waals surface area (Å²) in [6.45, 7) is 3.01. The van der Waals surface area contributed by atoms with Crippen LogP contribution in [0.15, 0.2) is 20.7 Å². The number of piperazine rings is 1. The van der Waals surface area contributed by atoms with E-state index in [0.717, 1.165) is 15.3 Å². The molecule has 1 N–H and O–H groups in total. The van der Waals surface area contributed by atoms with Gasteiger partial charge in [-0.05, 0) is 6.92 Å². The second-order valence-electron chi connectivity index (χ2n) is 4.97. The molecule has 8 nitrogen and oxygen atoms in total. The molecule has 0 radical (unpaired) electrons. The van der Waals surface area contributed by atoms with Crippen molar-refractivity contribution in [3.05, 3.63) is 27.0 Å². The van der Waals surface area contributed by atoms with Crippen LogP contribution in [0.25, 0.3) is 0 Å². The quantitative estimate of drug-likeness (QED) is 0.707. The number of aryl methyl sites for hydroxylation is 1. The van der Waals surface area contributed by atoms with Crippen LogP contribution in [0, 0.1) is 0 Å². The molecule has 120 valence electrons. The predicted molar refractivity (Wildman–Crippen MR) is 80.4 cm³/mol. The minimum absolute atomic E-state index is 0. The molecule has 1 aliphatic rings. The fraction of sp³-hybridized carbons (Fsp3) is 0.636. The third-order valence-corrected chi connectivity index (χ3v) is 5.21. The zero-order valence-corrected chi connectivity index (χ0v) is 13.7. The van der Waals surface area contributed by atoms with E-state index in [0.29, 0.717) is 19.6 Å². The Morgan fingerprint density at radius 3 is 2.48 bits per heavy atom. The summed E-state index contributed by atoms with van der Waals surface area (Å²) < 4.78 is 28.3. The molecule has 1 fully saturated rings. The number of nitrogens with one attached hydrogen (secondary N) is 1. The number of halogens is 1. The van der Waals surface area contributed by atoms with Gasteiger partial charge in [0, 0.05) is 46.0 Å². The standard InChI is InChI=1S/C11H18N4O4S.ClH/c1-8-6-15(5-4-12-8)20(18,19)9-7-13(2)11(17)14(3)10(9)16;/h7-8,12H,4-6H2,1-3H3;1H/t8-;/m1./s1. The average molecular weight is 339 g/mol. The van der Waals surface area contributed by atoms with Gasteiger partial charge in [-0.2, -0.15) is 4.31 Å². The highest BCUT2D eigenvalue weighted by molar-refractivity contribution is 7.89.